The first-order valence-corrected chi connectivity index (χ1v) is 14.3. The highest BCUT2D eigenvalue weighted by Gasteiger charge is 2.32. The Kier molecular flexibility index (Phi) is 10.0. The highest BCUT2D eigenvalue weighted by Crippen LogP contribution is 2.25. The van der Waals surface area contributed by atoms with Gasteiger partial charge in [0.1, 0.15) is 11.8 Å². The molecule has 4 rings (SSSR count). The number of nitrogens with one attached hydrogen (secondary N) is 1. The van der Waals surface area contributed by atoms with Crippen LogP contribution in [-0.4, -0.2) is 35.4 Å². The smallest absolute Gasteiger partial charge is 0.261 e. The Hall–Kier alpha value is -3.31. The molecule has 1 aliphatic carbocycles. The largest absolute Gasteiger partial charge is 0.483 e. The summed E-state index contributed by atoms with van der Waals surface area (Å²) < 4.78 is 6.08. The van der Waals surface area contributed by atoms with Crippen LogP contribution in [0.5, 0.6) is 5.75 Å². The van der Waals surface area contributed by atoms with Gasteiger partial charge in [0, 0.05) is 24.0 Å². The van der Waals surface area contributed by atoms with E-state index in [1.807, 2.05) is 81.4 Å². The Morgan fingerprint density at radius 2 is 1.67 bits per heavy atom. The standard InChI is InChI=1S/C33H39ClN2O3/c1-23-18-24(2)25(3)31(19-23)39-22-32(37)36(21-27-14-10-11-17-29(27)34)30(20-26-12-6-4-7-13-26)33(38)35-28-15-8-5-9-16-28/h4,6-7,10-14,17-19,28,30H,5,8-9,15-16,20-22H2,1-3H3,(H,35,38)/t30-/m1/s1. The molecule has 39 heavy (non-hydrogen) atoms. The highest BCUT2D eigenvalue weighted by molar-refractivity contribution is 6.31. The normalized spacial score (nSPS) is 14.5. The van der Waals surface area contributed by atoms with Gasteiger partial charge in [-0.15, -0.1) is 0 Å². The summed E-state index contributed by atoms with van der Waals surface area (Å²) in [6, 6.07) is 20.8. The van der Waals surface area contributed by atoms with Crippen LogP contribution in [0.25, 0.3) is 0 Å². The molecule has 1 saturated carbocycles. The number of rotatable bonds is 10. The summed E-state index contributed by atoms with van der Waals surface area (Å²) in [6.45, 7) is 6.08. The number of ether oxygens (including phenoxy) is 1. The van der Waals surface area contributed by atoms with Gasteiger partial charge in [-0.2, -0.15) is 0 Å². The third kappa shape index (κ3) is 7.86. The SMILES string of the molecule is Cc1cc(C)c(C)c(OCC(=O)N(Cc2ccccc2Cl)[C@H](Cc2ccccc2)C(=O)NC2CCCCC2)c1. The zero-order chi connectivity index (χ0) is 27.8. The molecule has 3 aromatic carbocycles. The number of carbonyl (C=O) groups excluding carboxylic acids is 2. The molecule has 6 heteroatoms. The van der Waals surface area contributed by atoms with Crippen molar-refractivity contribution in [3.8, 4) is 5.75 Å². The minimum atomic E-state index is -0.706. The van der Waals surface area contributed by atoms with Crippen molar-refractivity contribution in [1.29, 1.82) is 0 Å². The van der Waals surface area contributed by atoms with Crippen LogP contribution in [0.2, 0.25) is 5.02 Å². The molecule has 0 heterocycles. The molecule has 2 amide bonds. The lowest BCUT2D eigenvalue weighted by molar-refractivity contribution is -0.143. The van der Waals surface area contributed by atoms with E-state index in [-0.39, 0.29) is 31.0 Å². The second-order valence-electron chi connectivity index (χ2n) is 10.7. The molecule has 206 valence electrons. The average Bonchev–Trinajstić information content (AvgIpc) is 2.93. The van der Waals surface area contributed by atoms with Crippen LogP contribution in [0, 0.1) is 20.8 Å². The van der Waals surface area contributed by atoms with Gasteiger partial charge in [0.05, 0.1) is 0 Å². The van der Waals surface area contributed by atoms with Crippen molar-refractivity contribution in [2.75, 3.05) is 6.61 Å². The number of aryl methyl sites for hydroxylation is 2. The number of benzene rings is 3. The summed E-state index contributed by atoms with van der Waals surface area (Å²) in [5, 5.41) is 3.83. The summed E-state index contributed by atoms with van der Waals surface area (Å²) in [7, 11) is 0. The van der Waals surface area contributed by atoms with Crippen LogP contribution in [0.1, 0.15) is 59.9 Å². The van der Waals surface area contributed by atoms with Gasteiger partial charge in [-0.05, 0) is 73.6 Å². The average molecular weight is 547 g/mol. The van der Waals surface area contributed by atoms with E-state index in [4.69, 9.17) is 16.3 Å². The van der Waals surface area contributed by atoms with Gasteiger partial charge in [-0.1, -0.05) is 85.5 Å². The Balaban J connectivity index is 1.64. The fraction of sp³-hybridized carbons (Fsp3) is 0.394. The molecule has 1 N–H and O–H groups in total. The van der Waals surface area contributed by atoms with Crippen molar-refractivity contribution in [2.45, 2.75) is 77.9 Å². The summed E-state index contributed by atoms with van der Waals surface area (Å²) in [6.07, 6.45) is 5.76. The van der Waals surface area contributed by atoms with Crippen molar-refractivity contribution in [2.24, 2.45) is 0 Å². The molecule has 0 bridgehead atoms. The number of nitrogens with zero attached hydrogens (tertiary/aromatic N) is 1. The van der Waals surface area contributed by atoms with Gasteiger partial charge in [-0.3, -0.25) is 9.59 Å². The molecule has 0 radical (unpaired) electrons. The molecule has 0 spiro atoms. The van der Waals surface area contributed by atoms with Crippen LogP contribution in [0.4, 0.5) is 0 Å². The predicted octanol–water partition coefficient (Wildman–Crippen LogP) is 6.73. The lowest BCUT2D eigenvalue weighted by Gasteiger charge is -2.33. The zero-order valence-corrected chi connectivity index (χ0v) is 24.0. The topological polar surface area (TPSA) is 58.6 Å². The lowest BCUT2D eigenvalue weighted by Crippen LogP contribution is -2.53. The molecule has 1 aliphatic rings. The van der Waals surface area contributed by atoms with Crippen molar-refractivity contribution in [3.63, 3.8) is 0 Å². The summed E-state index contributed by atoms with van der Waals surface area (Å²) >= 11 is 6.53. The van der Waals surface area contributed by atoms with Crippen molar-refractivity contribution >= 4 is 23.4 Å². The van der Waals surface area contributed by atoms with Crippen LogP contribution in [0.3, 0.4) is 0 Å². The monoisotopic (exact) mass is 546 g/mol. The molecular formula is C33H39ClN2O3. The molecule has 3 aromatic rings. The van der Waals surface area contributed by atoms with E-state index in [9.17, 15) is 9.59 Å². The number of halogens is 1. The van der Waals surface area contributed by atoms with Gasteiger partial charge in [0.2, 0.25) is 5.91 Å². The van der Waals surface area contributed by atoms with Crippen LogP contribution in [0.15, 0.2) is 66.7 Å². The molecular weight excluding hydrogens is 508 g/mol. The van der Waals surface area contributed by atoms with Gasteiger partial charge < -0.3 is 15.0 Å². The second kappa shape index (κ2) is 13.7. The van der Waals surface area contributed by atoms with Crippen LogP contribution in [-0.2, 0) is 22.6 Å². The maximum atomic E-state index is 13.9. The van der Waals surface area contributed by atoms with Crippen molar-refractivity contribution < 1.29 is 14.3 Å². The number of amides is 2. The molecule has 1 atom stereocenters. The molecule has 0 aromatic heterocycles. The quantitative estimate of drug-likeness (QED) is 0.306. The lowest BCUT2D eigenvalue weighted by atomic mass is 9.94. The third-order valence-electron chi connectivity index (χ3n) is 7.64. The van der Waals surface area contributed by atoms with Crippen LogP contribution >= 0.6 is 11.6 Å². The van der Waals surface area contributed by atoms with Gasteiger partial charge in [0.25, 0.3) is 5.91 Å². The molecule has 0 aliphatic heterocycles. The minimum absolute atomic E-state index is 0.131. The fourth-order valence-electron chi connectivity index (χ4n) is 5.28. The minimum Gasteiger partial charge on any atom is -0.483 e. The Bertz CT molecular complexity index is 1270. The predicted molar refractivity (Wildman–Crippen MR) is 157 cm³/mol. The molecule has 1 fully saturated rings. The second-order valence-corrected chi connectivity index (χ2v) is 11.1. The van der Waals surface area contributed by atoms with E-state index in [2.05, 4.69) is 11.4 Å². The zero-order valence-electron chi connectivity index (χ0n) is 23.2. The summed E-state index contributed by atoms with van der Waals surface area (Å²) in [5.74, 6) is 0.298. The van der Waals surface area contributed by atoms with Crippen LogP contribution < -0.4 is 10.1 Å². The third-order valence-corrected chi connectivity index (χ3v) is 8.01. The Labute approximate surface area is 237 Å². The number of hydrogen-bond donors (Lipinski definition) is 1. The van der Waals surface area contributed by atoms with Crippen molar-refractivity contribution in [1.82, 2.24) is 10.2 Å². The van der Waals surface area contributed by atoms with E-state index >= 15 is 0 Å². The molecule has 0 unspecified atom stereocenters. The fourth-order valence-corrected chi connectivity index (χ4v) is 5.48. The molecule has 5 nitrogen and oxygen atoms in total. The maximum absolute atomic E-state index is 13.9. The van der Waals surface area contributed by atoms with Gasteiger partial charge in [0.15, 0.2) is 6.61 Å². The first-order chi connectivity index (χ1) is 18.8. The Morgan fingerprint density at radius 1 is 0.974 bits per heavy atom. The van der Waals surface area contributed by atoms with Crippen molar-refractivity contribution in [3.05, 3.63) is 99.6 Å². The number of carbonyl (C=O) groups is 2. The maximum Gasteiger partial charge on any atom is 0.261 e. The molecule has 0 saturated heterocycles. The number of hydrogen-bond acceptors (Lipinski definition) is 3. The van der Waals surface area contributed by atoms with E-state index < -0.39 is 6.04 Å². The summed E-state index contributed by atoms with van der Waals surface area (Å²) in [4.78, 5) is 29.4. The highest BCUT2D eigenvalue weighted by atomic mass is 35.5. The van der Waals surface area contributed by atoms with E-state index in [1.54, 1.807) is 4.90 Å². The van der Waals surface area contributed by atoms with E-state index in [0.29, 0.717) is 17.2 Å². The first kappa shape index (κ1) is 28.7. The van der Waals surface area contributed by atoms with E-state index in [0.717, 1.165) is 53.5 Å². The van der Waals surface area contributed by atoms with Gasteiger partial charge in [-0.25, -0.2) is 0 Å². The van der Waals surface area contributed by atoms with Gasteiger partial charge >= 0.3 is 0 Å². The van der Waals surface area contributed by atoms with E-state index in [1.165, 1.54) is 6.42 Å². The summed E-state index contributed by atoms with van der Waals surface area (Å²) in [5.41, 5.74) is 4.96. The Morgan fingerprint density at radius 3 is 2.38 bits per heavy atom. The first-order valence-electron chi connectivity index (χ1n) is 13.9.